The van der Waals surface area contributed by atoms with Gasteiger partial charge in [-0.25, -0.2) is 23.9 Å². The largest absolute Gasteiger partial charge is 0.453 e. The summed E-state index contributed by atoms with van der Waals surface area (Å²) in [6, 6.07) is 17.8. The van der Waals surface area contributed by atoms with E-state index >= 15 is 4.39 Å². The summed E-state index contributed by atoms with van der Waals surface area (Å²) in [5.41, 5.74) is 6.98. The van der Waals surface area contributed by atoms with Crippen molar-refractivity contribution in [2.24, 2.45) is 5.92 Å². The zero-order valence-electron chi connectivity index (χ0n) is 34.1. The Bertz CT molecular complexity index is 2410. The lowest BCUT2D eigenvalue weighted by atomic mass is 9.89. The minimum absolute atomic E-state index is 0.131. The van der Waals surface area contributed by atoms with E-state index in [1.807, 2.05) is 61.2 Å². The number of imidazole rings is 2. The molecule has 3 aliphatic rings. The zero-order valence-corrected chi connectivity index (χ0v) is 34.1. The quantitative estimate of drug-likeness (QED) is 0.115. The Morgan fingerprint density at radius 2 is 1.45 bits per heavy atom. The van der Waals surface area contributed by atoms with Gasteiger partial charge in [-0.1, -0.05) is 74.5 Å². The molecule has 0 saturated carbocycles. The Kier molecular flexibility index (Phi) is 11.4. The monoisotopic (exact) mass is 816 g/mol. The molecule has 60 heavy (non-hydrogen) atoms. The highest BCUT2D eigenvalue weighted by Crippen LogP contribution is 2.40. The van der Waals surface area contributed by atoms with Crippen molar-refractivity contribution in [1.29, 1.82) is 0 Å². The van der Waals surface area contributed by atoms with Crippen molar-refractivity contribution in [3.8, 4) is 33.6 Å². The van der Waals surface area contributed by atoms with Gasteiger partial charge in [0.25, 0.3) is 5.91 Å². The van der Waals surface area contributed by atoms with Crippen LogP contribution in [0.5, 0.6) is 0 Å². The van der Waals surface area contributed by atoms with Crippen molar-refractivity contribution in [1.82, 2.24) is 40.4 Å². The molecule has 1 aliphatic carbocycles. The molecule has 4 heterocycles. The number of amides is 4. The highest BCUT2D eigenvalue weighted by molar-refractivity contribution is 5.88. The first-order chi connectivity index (χ1) is 29.0. The molecule has 5 aromatic rings. The minimum atomic E-state index is -0.931. The number of benzene rings is 3. The lowest BCUT2D eigenvalue weighted by Crippen LogP contribution is -2.51. The number of hydrogen-bond donors (Lipinski definition) is 4. The van der Waals surface area contributed by atoms with Crippen molar-refractivity contribution < 1.29 is 33.0 Å². The summed E-state index contributed by atoms with van der Waals surface area (Å²) < 4.78 is 25.6. The number of methoxy groups -OCH3 is 2. The fraction of sp³-hybridized carbons (Fsp3) is 0.378. The normalized spacial score (nSPS) is 18.1. The molecule has 2 saturated heterocycles. The summed E-state index contributed by atoms with van der Waals surface area (Å²) in [4.78, 5) is 72.0. The SMILES string of the molecule is COC(=O)N[C@H](C(=O)N1CCC[C@H]1c1nc2c([nH]1)CCc1cc(-c3ccc(-c4cnc([C@@H]5CCCN5C(=O)[C@H](NC(=O)OC)c5ccccc5)[nH]4)cc3F)ccc1-2)C(C)C. The van der Waals surface area contributed by atoms with Crippen LogP contribution in [0, 0.1) is 11.7 Å². The molecule has 4 atom stereocenters. The molecule has 0 spiro atoms. The maximum Gasteiger partial charge on any atom is 0.407 e. The number of aromatic nitrogens is 4. The Labute approximate surface area is 347 Å². The molecule has 312 valence electrons. The lowest BCUT2D eigenvalue weighted by molar-refractivity contribution is -0.135. The molecular weight excluding hydrogens is 768 g/mol. The molecule has 4 amide bonds. The van der Waals surface area contributed by atoms with Crippen LogP contribution in [0.15, 0.2) is 72.9 Å². The van der Waals surface area contributed by atoms with Gasteiger partial charge in [-0.2, -0.15) is 0 Å². The van der Waals surface area contributed by atoms with E-state index in [0.717, 1.165) is 66.0 Å². The summed E-state index contributed by atoms with van der Waals surface area (Å²) in [7, 11) is 2.54. The number of H-pyrrole nitrogens is 2. The minimum Gasteiger partial charge on any atom is -0.453 e. The molecule has 4 N–H and O–H groups in total. The van der Waals surface area contributed by atoms with E-state index in [1.54, 1.807) is 29.3 Å². The van der Waals surface area contributed by atoms with E-state index in [-0.39, 0.29) is 35.6 Å². The van der Waals surface area contributed by atoms with Gasteiger partial charge in [0.2, 0.25) is 5.91 Å². The second-order valence-corrected chi connectivity index (χ2v) is 15.9. The van der Waals surface area contributed by atoms with Crippen LogP contribution in [0.4, 0.5) is 14.0 Å². The van der Waals surface area contributed by atoms with Gasteiger partial charge in [-0.15, -0.1) is 0 Å². The number of likely N-dealkylation sites (tertiary alicyclic amines) is 2. The predicted molar refractivity (Wildman–Crippen MR) is 221 cm³/mol. The average molecular weight is 817 g/mol. The number of aromatic amines is 2. The maximum atomic E-state index is 16.0. The van der Waals surface area contributed by atoms with Crippen molar-refractivity contribution in [2.45, 2.75) is 76.5 Å². The average Bonchev–Trinajstić information content (AvgIpc) is 4.10. The molecule has 3 aromatic carbocycles. The predicted octanol–water partition coefficient (Wildman–Crippen LogP) is 7.18. The van der Waals surface area contributed by atoms with Crippen LogP contribution in [0.25, 0.3) is 33.6 Å². The number of rotatable bonds is 10. The van der Waals surface area contributed by atoms with Crippen LogP contribution in [0.1, 0.15) is 86.1 Å². The van der Waals surface area contributed by atoms with Crippen LogP contribution in [0.2, 0.25) is 0 Å². The number of aryl methyl sites for hydroxylation is 2. The maximum absolute atomic E-state index is 16.0. The first kappa shape index (κ1) is 40.3. The second-order valence-electron chi connectivity index (χ2n) is 15.9. The number of fused-ring (bicyclic) bond motifs is 3. The van der Waals surface area contributed by atoms with Crippen molar-refractivity contribution in [3.05, 3.63) is 107 Å². The molecule has 2 aromatic heterocycles. The molecule has 0 unspecified atom stereocenters. The lowest BCUT2D eigenvalue weighted by Gasteiger charge is -2.30. The fourth-order valence-electron chi connectivity index (χ4n) is 8.80. The summed E-state index contributed by atoms with van der Waals surface area (Å²) in [6.45, 7) is 4.85. The number of nitrogens with one attached hydrogen (secondary N) is 4. The zero-order chi connectivity index (χ0) is 42.1. The Morgan fingerprint density at radius 1 is 0.783 bits per heavy atom. The molecule has 14 nitrogen and oxygen atoms in total. The van der Waals surface area contributed by atoms with Gasteiger partial charge in [0.15, 0.2) is 0 Å². The van der Waals surface area contributed by atoms with E-state index < -0.39 is 24.3 Å². The van der Waals surface area contributed by atoms with E-state index in [4.69, 9.17) is 14.5 Å². The number of nitrogens with zero attached hydrogens (tertiary/aromatic N) is 4. The van der Waals surface area contributed by atoms with Gasteiger partial charge in [-0.05, 0) is 67.2 Å². The first-order valence-electron chi connectivity index (χ1n) is 20.5. The fourth-order valence-corrected chi connectivity index (χ4v) is 8.80. The van der Waals surface area contributed by atoms with Gasteiger partial charge in [0.05, 0.1) is 43.9 Å². The summed E-state index contributed by atoms with van der Waals surface area (Å²) in [5, 5.41) is 5.38. The van der Waals surface area contributed by atoms with Gasteiger partial charge in [-0.3, -0.25) is 9.59 Å². The van der Waals surface area contributed by atoms with Crippen molar-refractivity contribution >= 4 is 24.0 Å². The van der Waals surface area contributed by atoms with Gasteiger partial charge < -0.3 is 39.9 Å². The van der Waals surface area contributed by atoms with Crippen molar-refractivity contribution in [3.63, 3.8) is 0 Å². The van der Waals surface area contributed by atoms with E-state index in [0.29, 0.717) is 47.7 Å². The van der Waals surface area contributed by atoms with Crippen LogP contribution >= 0.6 is 0 Å². The molecule has 0 radical (unpaired) electrons. The van der Waals surface area contributed by atoms with E-state index in [2.05, 4.69) is 25.6 Å². The van der Waals surface area contributed by atoms with E-state index in [9.17, 15) is 19.2 Å². The molecule has 8 rings (SSSR count). The third-order valence-corrected chi connectivity index (χ3v) is 11.9. The Balaban J connectivity index is 0.982. The molecule has 2 aliphatic heterocycles. The topological polar surface area (TPSA) is 175 Å². The highest BCUT2D eigenvalue weighted by atomic mass is 19.1. The highest BCUT2D eigenvalue weighted by Gasteiger charge is 2.39. The number of hydrogen-bond acceptors (Lipinski definition) is 8. The van der Waals surface area contributed by atoms with Gasteiger partial charge in [0.1, 0.15) is 29.5 Å². The molecule has 2 fully saturated rings. The third kappa shape index (κ3) is 7.83. The third-order valence-electron chi connectivity index (χ3n) is 11.9. The van der Waals surface area contributed by atoms with Gasteiger partial charge >= 0.3 is 12.2 Å². The first-order valence-corrected chi connectivity index (χ1v) is 20.5. The summed E-state index contributed by atoms with van der Waals surface area (Å²) in [5.74, 6) is 0.375. The second kappa shape index (κ2) is 17.0. The van der Waals surface area contributed by atoms with Crippen LogP contribution in [-0.2, 0) is 31.9 Å². The molecular formula is C45H49FN8O6. The number of carbonyl (C=O) groups excluding carboxylic acids is 4. The van der Waals surface area contributed by atoms with Crippen molar-refractivity contribution in [2.75, 3.05) is 27.3 Å². The number of halogens is 1. The van der Waals surface area contributed by atoms with Crippen LogP contribution in [0.3, 0.4) is 0 Å². The number of carbonyl (C=O) groups is 4. The van der Waals surface area contributed by atoms with Gasteiger partial charge in [0, 0.05) is 35.5 Å². The molecule has 0 bridgehead atoms. The van der Waals surface area contributed by atoms with E-state index in [1.165, 1.54) is 20.3 Å². The Hall–Kier alpha value is -6.51. The van der Waals surface area contributed by atoms with Crippen LogP contribution < -0.4 is 10.6 Å². The number of alkyl carbamates (subject to hydrolysis) is 2. The number of ether oxygens (including phenoxy) is 2. The molecule has 15 heteroatoms. The standard InChI is InChI=1S/C45H49FN8O6/c1-25(2)37(51-44(57)59-3)42(55)54-21-9-13-36(54)41-48-33-19-16-28-22-27(14-18-31(28)39(33)50-41)30-17-15-29(23-32(30)46)34-24-47-40(49-34)35-12-8-20-53(35)43(56)38(52-45(58)60-4)26-10-6-5-7-11-26/h5-7,10-11,14-15,17-18,22-25,35-38H,8-9,12-13,16,19-21H2,1-4H3,(H,47,49)(H,48,50)(H,51,57)(H,52,58)/t35-,36-,37-,38+/m0/s1. The van der Waals surface area contributed by atoms with Crippen LogP contribution in [-0.4, -0.2) is 87.1 Å². The summed E-state index contributed by atoms with van der Waals surface area (Å²) in [6.07, 6.45) is 4.80. The Morgan fingerprint density at radius 3 is 2.15 bits per heavy atom. The smallest absolute Gasteiger partial charge is 0.407 e. The summed E-state index contributed by atoms with van der Waals surface area (Å²) >= 11 is 0.